The van der Waals surface area contributed by atoms with E-state index in [2.05, 4.69) is 4.99 Å². The zero-order chi connectivity index (χ0) is 26.0. The molecule has 0 spiro atoms. The Morgan fingerprint density at radius 3 is 2.44 bits per heavy atom. The fraction of sp³-hybridized carbons (Fsp3) is 0.321. The number of esters is 1. The summed E-state index contributed by atoms with van der Waals surface area (Å²) in [5.41, 5.74) is 3.35. The molecule has 0 fully saturated rings. The van der Waals surface area contributed by atoms with Crippen LogP contribution in [0.15, 0.2) is 63.5 Å². The highest BCUT2D eigenvalue weighted by atomic mass is 32.1. The normalized spacial score (nSPS) is 15.5. The average Bonchev–Trinajstić information content (AvgIpc) is 3.14. The van der Waals surface area contributed by atoms with Crippen LogP contribution >= 0.6 is 11.3 Å². The standard InChI is InChI=1S/C28H30N2O5S/c1-7-34-27(32)24-18(5)29-28-30(25(24)19-8-11-21(12-9-19)35-16(2)3)26(31)23(36-28)15-20-10-13-22(33-6)14-17(20)4/h8-16,25H,7H2,1-6H3/b23-15-/t25-/m0/s1. The number of aromatic nitrogens is 1. The number of hydrogen-bond acceptors (Lipinski definition) is 7. The van der Waals surface area contributed by atoms with Crippen LogP contribution in [0.5, 0.6) is 11.5 Å². The monoisotopic (exact) mass is 506 g/mol. The molecule has 36 heavy (non-hydrogen) atoms. The van der Waals surface area contributed by atoms with E-state index in [0.717, 1.165) is 28.2 Å². The maximum atomic E-state index is 13.7. The quantitative estimate of drug-likeness (QED) is 0.454. The molecule has 188 valence electrons. The second kappa shape index (κ2) is 10.5. The number of benzene rings is 2. The Labute approximate surface area is 214 Å². The highest BCUT2D eigenvalue weighted by molar-refractivity contribution is 7.07. The number of ether oxygens (including phenoxy) is 3. The van der Waals surface area contributed by atoms with E-state index >= 15 is 0 Å². The zero-order valence-electron chi connectivity index (χ0n) is 21.3. The number of thiazole rings is 1. The van der Waals surface area contributed by atoms with Gasteiger partial charge in [0.2, 0.25) is 0 Å². The van der Waals surface area contributed by atoms with Crippen molar-refractivity contribution < 1.29 is 19.0 Å². The molecule has 1 atom stereocenters. The van der Waals surface area contributed by atoms with Gasteiger partial charge in [-0.25, -0.2) is 9.79 Å². The van der Waals surface area contributed by atoms with Crippen LogP contribution in [0.4, 0.5) is 0 Å². The zero-order valence-corrected chi connectivity index (χ0v) is 22.1. The second-order valence-electron chi connectivity index (χ2n) is 8.76. The van der Waals surface area contributed by atoms with Crippen LogP contribution in [-0.4, -0.2) is 30.4 Å². The van der Waals surface area contributed by atoms with Crippen LogP contribution in [0.25, 0.3) is 6.08 Å². The first-order chi connectivity index (χ1) is 17.2. The number of rotatable bonds is 7. The van der Waals surface area contributed by atoms with E-state index in [4.69, 9.17) is 14.2 Å². The molecule has 0 saturated heterocycles. The largest absolute Gasteiger partial charge is 0.497 e. The third-order valence-corrected chi connectivity index (χ3v) is 6.83. The van der Waals surface area contributed by atoms with Crippen LogP contribution in [0.1, 0.15) is 50.4 Å². The van der Waals surface area contributed by atoms with Gasteiger partial charge in [-0.3, -0.25) is 9.36 Å². The third kappa shape index (κ3) is 4.99. The molecule has 0 radical (unpaired) electrons. The van der Waals surface area contributed by atoms with Gasteiger partial charge in [0.25, 0.3) is 5.56 Å². The number of fused-ring (bicyclic) bond motifs is 1. The van der Waals surface area contributed by atoms with E-state index in [9.17, 15) is 9.59 Å². The van der Waals surface area contributed by atoms with E-state index in [1.165, 1.54) is 11.3 Å². The van der Waals surface area contributed by atoms with Crippen molar-refractivity contribution in [2.45, 2.75) is 46.8 Å². The van der Waals surface area contributed by atoms with E-state index in [0.29, 0.717) is 20.6 Å². The first kappa shape index (κ1) is 25.4. The summed E-state index contributed by atoms with van der Waals surface area (Å²) in [5.74, 6) is 0.992. The predicted molar refractivity (Wildman–Crippen MR) is 140 cm³/mol. The summed E-state index contributed by atoms with van der Waals surface area (Å²) in [6.45, 7) is 9.65. The Kier molecular flexibility index (Phi) is 7.45. The number of carbonyl (C=O) groups is 1. The summed E-state index contributed by atoms with van der Waals surface area (Å²) in [5, 5.41) is 0. The molecule has 0 amide bonds. The minimum Gasteiger partial charge on any atom is -0.497 e. The Morgan fingerprint density at radius 1 is 1.14 bits per heavy atom. The summed E-state index contributed by atoms with van der Waals surface area (Å²) in [6, 6.07) is 12.5. The van der Waals surface area contributed by atoms with Crippen LogP contribution in [0.2, 0.25) is 0 Å². The van der Waals surface area contributed by atoms with Gasteiger partial charge in [0, 0.05) is 0 Å². The summed E-state index contributed by atoms with van der Waals surface area (Å²) in [4.78, 5) is 31.9. The van der Waals surface area contributed by atoms with E-state index in [1.54, 1.807) is 25.5 Å². The van der Waals surface area contributed by atoms with Crippen molar-refractivity contribution in [1.29, 1.82) is 0 Å². The van der Waals surface area contributed by atoms with Gasteiger partial charge in [-0.15, -0.1) is 0 Å². The molecule has 4 rings (SSSR count). The maximum absolute atomic E-state index is 13.7. The van der Waals surface area contributed by atoms with Gasteiger partial charge in [-0.2, -0.15) is 0 Å². The molecule has 0 unspecified atom stereocenters. The number of methoxy groups -OCH3 is 1. The molecule has 1 aliphatic heterocycles. The third-order valence-electron chi connectivity index (χ3n) is 5.85. The fourth-order valence-corrected chi connectivity index (χ4v) is 5.22. The number of carbonyl (C=O) groups excluding carboxylic acids is 1. The van der Waals surface area contributed by atoms with Crippen LogP contribution in [-0.2, 0) is 9.53 Å². The lowest BCUT2D eigenvalue weighted by Crippen LogP contribution is -2.39. The lowest BCUT2D eigenvalue weighted by atomic mass is 9.96. The summed E-state index contributed by atoms with van der Waals surface area (Å²) >= 11 is 1.30. The van der Waals surface area contributed by atoms with E-state index in [1.807, 2.05) is 69.3 Å². The van der Waals surface area contributed by atoms with Crippen molar-refractivity contribution >= 4 is 23.4 Å². The molecule has 0 bridgehead atoms. The topological polar surface area (TPSA) is 79.1 Å². The van der Waals surface area contributed by atoms with E-state index in [-0.39, 0.29) is 18.3 Å². The molecule has 7 nitrogen and oxygen atoms in total. The number of hydrogen-bond donors (Lipinski definition) is 0. The van der Waals surface area contributed by atoms with E-state index < -0.39 is 12.0 Å². The molecule has 2 aromatic carbocycles. The highest BCUT2D eigenvalue weighted by Crippen LogP contribution is 2.31. The van der Waals surface area contributed by atoms with Crippen molar-refractivity contribution in [3.63, 3.8) is 0 Å². The molecular formula is C28H30N2O5S. The average molecular weight is 507 g/mol. The van der Waals surface area contributed by atoms with Crippen molar-refractivity contribution in [3.05, 3.63) is 90.1 Å². The van der Waals surface area contributed by atoms with Gasteiger partial charge in [0.1, 0.15) is 11.5 Å². The van der Waals surface area contributed by atoms with Gasteiger partial charge in [0.15, 0.2) is 4.80 Å². The van der Waals surface area contributed by atoms with Gasteiger partial charge in [-0.1, -0.05) is 29.5 Å². The minimum atomic E-state index is -0.660. The summed E-state index contributed by atoms with van der Waals surface area (Å²) in [6.07, 6.45) is 1.89. The fourth-order valence-electron chi connectivity index (χ4n) is 4.19. The van der Waals surface area contributed by atoms with Crippen molar-refractivity contribution in [3.8, 4) is 11.5 Å². The number of aryl methyl sites for hydroxylation is 1. The molecule has 1 aromatic heterocycles. The number of nitrogens with zero attached hydrogens (tertiary/aromatic N) is 2. The van der Waals surface area contributed by atoms with Crippen LogP contribution < -0.4 is 24.4 Å². The SMILES string of the molecule is CCOC(=O)C1=C(C)N=c2s/c(=C\c3ccc(OC)cc3C)c(=O)n2[C@H]1c1ccc(OC(C)C)cc1. The Balaban J connectivity index is 1.89. The molecule has 0 N–H and O–H groups in total. The van der Waals surface area contributed by atoms with Crippen molar-refractivity contribution in [2.75, 3.05) is 13.7 Å². The van der Waals surface area contributed by atoms with Crippen molar-refractivity contribution in [1.82, 2.24) is 4.57 Å². The van der Waals surface area contributed by atoms with Gasteiger partial charge >= 0.3 is 5.97 Å². The van der Waals surface area contributed by atoms with Crippen LogP contribution in [0, 0.1) is 6.92 Å². The Morgan fingerprint density at radius 2 is 1.83 bits per heavy atom. The predicted octanol–water partition coefficient (Wildman–Crippen LogP) is 3.90. The minimum absolute atomic E-state index is 0.0344. The molecule has 8 heteroatoms. The van der Waals surface area contributed by atoms with Gasteiger partial charge < -0.3 is 14.2 Å². The Hall–Kier alpha value is -3.65. The Bertz CT molecular complexity index is 1500. The maximum Gasteiger partial charge on any atom is 0.338 e. The smallest absolute Gasteiger partial charge is 0.338 e. The lowest BCUT2D eigenvalue weighted by Gasteiger charge is -2.25. The molecule has 0 aliphatic carbocycles. The molecule has 3 aromatic rings. The lowest BCUT2D eigenvalue weighted by molar-refractivity contribution is -0.139. The summed E-state index contributed by atoms with van der Waals surface area (Å²) in [7, 11) is 1.62. The van der Waals surface area contributed by atoms with Gasteiger partial charge in [-0.05, 0) is 81.7 Å². The second-order valence-corrected chi connectivity index (χ2v) is 9.77. The molecule has 0 saturated carbocycles. The van der Waals surface area contributed by atoms with Crippen LogP contribution in [0.3, 0.4) is 0 Å². The highest BCUT2D eigenvalue weighted by Gasteiger charge is 2.33. The number of allylic oxidation sites excluding steroid dienone is 1. The van der Waals surface area contributed by atoms with Crippen molar-refractivity contribution in [2.24, 2.45) is 4.99 Å². The summed E-state index contributed by atoms with van der Waals surface area (Å²) < 4.78 is 18.6. The molecule has 2 heterocycles. The molecule has 1 aliphatic rings. The first-order valence-corrected chi connectivity index (χ1v) is 12.7. The molecular weight excluding hydrogens is 476 g/mol. The first-order valence-electron chi connectivity index (χ1n) is 11.8. The van der Waals surface area contributed by atoms with Gasteiger partial charge in [0.05, 0.1) is 41.7 Å².